The molecule has 168 valence electrons. The highest BCUT2D eigenvalue weighted by atomic mass is 16.3. The first kappa shape index (κ1) is 20.6. The lowest BCUT2D eigenvalue weighted by molar-refractivity contribution is -0.125. The van der Waals surface area contributed by atoms with Crippen molar-refractivity contribution in [2.24, 2.45) is 0 Å². The first-order valence-corrected chi connectivity index (χ1v) is 11.4. The van der Waals surface area contributed by atoms with Crippen LogP contribution in [-0.2, 0) is 16.1 Å². The van der Waals surface area contributed by atoms with Crippen molar-refractivity contribution < 1.29 is 18.8 Å². The number of furan rings is 1. The van der Waals surface area contributed by atoms with Crippen LogP contribution in [0.3, 0.4) is 0 Å². The van der Waals surface area contributed by atoms with Crippen LogP contribution in [0.15, 0.2) is 41.0 Å². The number of benzene rings is 1. The van der Waals surface area contributed by atoms with E-state index in [0.717, 1.165) is 57.4 Å². The maximum atomic E-state index is 13.4. The van der Waals surface area contributed by atoms with Crippen LogP contribution in [0.1, 0.15) is 48.2 Å². The zero-order chi connectivity index (χ0) is 22.1. The summed E-state index contributed by atoms with van der Waals surface area (Å²) in [6, 6.07) is 8.89. The Kier molecular flexibility index (Phi) is 5.59. The van der Waals surface area contributed by atoms with E-state index < -0.39 is 0 Å². The molecule has 3 aliphatic heterocycles. The van der Waals surface area contributed by atoms with Crippen molar-refractivity contribution in [3.05, 3.63) is 47.9 Å². The Morgan fingerprint density at radius 2 is 1.84 bits per heavy atom. The number of nitrogens with zero attached hydrogens (tertiary/aromatic N) is 3. The molecule has 2 saturated heterocycles. The molecule has 1 aromatic heterocycles. The highest BCUT2D eigenvalue weighted by Crippen LogP contribution is 2.40. The van der Waals surface area contributed by atoms with Gasteiger partial charge in [-0.2, -0.15) is 0 Å². The standard InChI is InChI=1S/C24H28N4O4/c29-22(25-15-18-6-5-13-32-18)16-28-21-14-17(23(30)26-10-3-4-11-26)8-9-19(21)27-12-2-1-7-20(27)24(28)31/h5-6,8-9,13-14,20H,1-4,7,10-12,15-16H2,(H,25,29). The zero-order valence-electron chi connectivity index (χ0n) is 18.1. The molecule has 0 bridgehead atoms. The number of anilines is 2. The Labute approximate surface area is 187 Å². The average molecular weight is 437 g/mol. The highest BCUT2D eigenvalue weighted by molar-refractivity contribution is 6.09. The van der Waals surface area contributed by atoms with E-state index in [9.17, 15) is 14.4 Å². The molecular formula is C24H28N4O4. The first-order chi connectivity index (χ1) is 15.6. The van der Waals surface area contributed by atoms with Crippen molar-refractivity contribution in [2.45, 2.75) is 44.7 Å². The summed E-state index contributed by atoms with van der Waals surface area (Å²) in [6.07, 6.45) is 6.40. The van der Waals surface area contributed by atoms with E-state index in [-0.39, 0.29) is 36.9 Å². The van der Waals surface area contributed by atoms with Gasteiger partial charge in [-0.05, 0) is 62.4 Å². The van der Waals surface area contributed by atoms with Crippen molar-refractivity contribution >= 4 is 29.1 Å². The molecular weight excluding hydrogens is 408 g/mol. The summed E-state index contributed by atoms with van der Waals surface area (Å²) >= 11 is 0. The summed E-state index contributed by atoms with van der Waals surface area (Å²) in [5.74, 6) is 0.304. The van der Waals surface area contributed by atoms with Crippen molar-refractivity contribution in [2.75, 3.05) is 36.0 Å². The van der Waals surface area contributed by atoms with Gasteiger partial charge < -0.3 is 19.5 Å². The molecule has 3 aliphatic rings. The Bertz CT molecular complexity index is 1010. The molecule has 4 heterocycles. The van der Waals surface area contributed by atoms with Crippen LogP contribution in [-0.4, -0.2) is 54.8 Å². The van der Waals surface area contributed by atoms with Crippen LogP contribution < -0.4 is 15.1 Å². The molecule has 1 unspecified atom stereocenters. The predicted molar refractivity (Wildman–Crippen MR) is 119 cm³/mol. The minimum absolute atomic E-state index is 0.0132. The summed E-state index contributed by atoms with van der Waals surface area (Å²) in [4.78, 5) is 44.7. The summed E-state index contributed by atoms with van der Waals surface area (Å²) in [6.45, 7) is 2.52. The van der Waals surface area contributed by atoms with Crippen molar-refractivity contribution in [3.63, 3.8) is 0 Å². The predicted octanol–water partition coefficient (Wildman–Crippen LogP) is 2.54. The molecule has 2 fully saturated rings. The van der Waals surface area contributed by atoms with E-state index in [1.54, 1.807) is 29.4 Å². The number of hydrogen-bond donors (Lipinski definition) is 1. The SMILES string of the molecule is O=C(CN1C(=O)C2CCCCN2c2ccc(C(=O)N3CCCC3)cc21)NCc1ccco1. The van der Waals surface area contributed by atoms with Crippen molar-refractivity contribution in [1.29, 1.82) is 0 Å². The monoisotopic (exact) mass is 436 g/mol. The number of likely N-dealkylation sites (tertiary alicyclic amines) is 1. The minimum atomic E-state index is -0.263. The van der Waals surface area contributed by atoms with Crippen LogP contribution in [0.2, 0.25) is 0 Å². The number of piperidine rings is 1. The molecule has 1 aromatic carbocycles. The van der Waals surface area contributed by atoms with Crippen LogP contribution >= 0.6 is 0 Å². The Balaban J connectivity index is 1.42. The third-order valence-corrected chi connectivity index (χ3v) is 6.61. The number of hydrogen-bond acceptors (Lipinski definition) is 5. The fourth-order valence-electron chi connectivity index (χ4n) is 4.96. The fraction of sp³-hybridized carbons (Fsp3) is 0.458. The molecule has 1 atom stereocenters. The lowest BCUT2D eigenvalue weighted by Crippen LogP contribution is -2.57. The summed E-state index contributed by atoms with van der Waals surface area (Å²) in [7, 11) is 0. The molecule has 2 aromatic rings. The average Bonchev–Trinajstić information content (AvgIpc) is 3.54. The lowest BCUT2D eigenvalue weighted by atomic mass is 9.95. The van der Waals surface area contributed by atoms with Gasteiger partial charge in [-0.1, -0.05) is 0 Å². The van der Waals surface area contributed by atoms with Gasteiger partial charge in [0, 0.05) is 25.2 Å². The third kappa shape index (κ3) is 3.85. The van der Waals surface area contributed by atoms with Crippen LogP contribution in [0.25, 0.3) is 0 Å². The number of carbonyl (C=O) groups excluding carboxylic acids is 3. The molecule has 0 aliphatic carbocycles. The smallest absolute Gasteiger partial charge is 0.253 e. The first-order valence-electron chi connectivity index (χ1n) is 11.4. The van der Waals surface area contributed by atoms with Crippen molar-refractivity contribution in [3.8, 4) is 0 Å². The molecule has 0 spiro atoms. The van der Waals surface area contributed by atoms with Gasteiger partial charge >= 0.3 is 0 Å². The van der Waals surface area contributed by atoms with Gasteiger partial charge in [-0.15, -0.1) is 0 Å². The Hall–Kier alpha value is -3.29. The Morgan fingerprint density at radius 1 is 1.03 bits per heavy atom. The lowest BCUT2D eigenvalue weighted by Gasteiger charge is -2.45. The maximum absolute atomic E-state index is 13.4. The number of rotatable bonds is 5. The summed E-state index contributed by atoms with van der Waals surface area (Å²) in [5.41, 5.74) is 2.13. The van der Waals surface area contributed by atoms with E-state index in [2.05, 4.69) is 10.2 Å². The van der Waals surface area contributed by atoms with E-state index in [0.29, 0.717) is 17.0 Å². The second-order valence-corrected chi connectivity index (χ2v) is 8.69. The second-order valence-electron chi connectivity index (χ2n) is 8.69. The van der Waals surface area contributed by atoms with Gasteiger partial charge in [0.25, 0.3) is 5.91 Å². The molecule has 8 nitrogen and oxygen atoms in total. The number of amides is 3. The van der Waals surface area contributed by atoms with Crippen LogP contribution in [0.4, 0.5) is 11.4 Å². The minimum Gasteiger partial charge on any atom is -0.467 e. The van der Waals surface area contributed by atoms with E-state index in [4.69, 9.17) is 4.42 Å². The summed E-state index contributed by atoms with van der Waals surface area (Å²) < 4.78 is 5.27. The van der Waals surface area contributed by atoms with Crippen LogP contribution in [0, 0.1) is 0 Å². The molecule has 0 saturated carbocycles. The molecule has 32 heavy (non-hydrogen) atoms. The van der Waals surface area contributed by atoms with Gasteiger partial charge in [0.2, 0.25) is 11.8 Å². The largest absolute Gasteiger partial charge is 0.467 e. The number of carbonyl (C=O) groups is 3. The molecule has 8 heteroatoms. The normalized spacial score (nSPS) is 20.2. The number of nitrogens with one attached hydrogen (secondary N) is 1. The summed E-state index contributed by atoms with van der Waals surface area (Å²) in [5, 5.41) is 2.82. The second kappa shape index (κ2) is 8.68. The Morgan fingerprint density at radius 3 is 2.62 bits per heavy atom. The zero-order valence-corrected chi connectivity index (χ0v) is 18.1. The van der Waals surface area contributed by atoms with E-state index in [1.165, 1.54) is 0 Å². The molecule has 1 N–H and O–H groups in total. The number of fused-ring (bicyclic) bond motifs is 3. The quantitative estimate of drug-likeness (QED) is 0.779. The molecule has 3 amide bonds. The molecule has 0 radical (unpaired) electrons. The van der Waals surface area contributed by atoms with Crippen molar-refractivity contribution in [1.82, 2.24) is 10.2 Å². The van der Waals surface area contributed by atoms with E-state index >= 15 is 0 Å². The third-order valence-electron chi connectivity index (χ3n) is 6.61. The van der Waals surface area contributed by atoms with Gasteiger partial charge in [0.1, 0.15) is 18.3 Å². The van der Waals surface area contributed by atoms with Gasteiger partial charge in [0.15, 0.2) is 0 Å². The maximum Gasteiger partial charge on any atom is 0.253 e. The van der Waals surface area contributed by atoms with Gasteiger partial charge in [0.05, 0.1) is 24.2 Å². The molecule has 5 rings (SSSR count). The van der Waals surface area contributed by atoms with Gasteiger partial charge in [-0.25, -0.2) is 0 Å². The van der Waals surface area contributed by atoms with Gasteiger partial charge in [-0.3, -0.25) is 19.3 Å². The fourth-order valence-corrected chi connectivity index (χ4v) is 4.96. The van der Waals surface area contributed by atoms with E-state index in [1.807, 2.05) is 17.0 Å². The van der Waals surface area contributed by atoms with Crippen LogP contribution in [0.5, 0.6) is 0 Å². The highest BCUT2D eigenvalue weighted by Gasteiger charge is 2.40. The topological polar surface area (TPSA) is 86.1 Å².